The van der Waals surface area contributed by atoms with Crippen LogP contribution < -0.4 is 10.3 Å². The van der Waals surface area contributed by atoms with Crippen molar-refractivity contribution in [3.8, 4) is 17.5 Å². The molecule has 1 N–H and O–H groups in total. The Morgan fingerprint density at radius 3 is 2.55 bits per heavy atom. The largest absolute Gasteiger partial charge is 0.489 e. The lowest BCUT2D eigenvalue weighted by molar-refractivity contribution is 0.146. The van der Waals surface area contributed by atoms with Gasteiger partial charge in [0.15, 0.2) is 11.4 Å². The quantitative estimate of drug-likeness (QED) is 0.310. The van der Waals surface area contributed by atoms with Crippen LogP contribution in [0.3, 0.4) is 0 Å². The number of nitrogens with one attached hydrogen (secondary N) is 1. The van der Waals surface area contributed by atoms with Gasteiger partial charge < -0.3 is 9.47 Å². The highest BCUT2D eigenvalue weighted by molar-refractivity contribution is 8.13. The van der Waals surface area contributed by atoms with Gasteiger partial charge in [-0.25, -0.2) is 13.1 Å². The molecule has 0 aliphatic carbocycles. The molecule has 0 bridgehead atoms. The first-order valence-corrected chi connectivity index (χ1v) is 11.1. The minimum atomic E-state index is -4.04. The van der Waals surface area contributed by atoms with Crippen molar-refractivity contribution in [1.82, 2.24) is 9.78 Å². The van der Waals surface area contributed by atoms with E-state index >= 15 is 0 Å². The SMILES string of the molecule is COCCOc1ccc(S(=O)(=O)Cl)cc1N=Nc1c(C#N)[nH]n(-c2ccccc2)c1=O. The van der Waals surface area contributed by atoms with Crippen LogP contribution in [-0.2, 0) is 13.8 Å². The Balaban J connectivity index is 2.05. The van der Waals surface area contributed by atoms with Gasteiger partial charge in [-0.3, -0.25) is 9.89 Å². The van der Waals surface area contributed by atoms with Gasteiger partial charge in [0.2, 0.25) is 0 Å². The molecule has 12 heteroatoms. The van der Waals surface area contributed by atoms with Crippen molar-refractivity contribution in [2.75, 3.05) is 20.3 Å². The molecule has 1 aromatic heterocycles. The van der Waals surface area contributed by atoms with Gasteiger partial charge in [-0.2, -0.15) is 5.26 Å². The average Bonchev–Trinajstić information content (AvgIpc) is 3.08. The summed E-state index contributed by atoms with van der Waals surface area (Å²) >= 11 is 0. The fraction of sp³-hybridized carbons (Fsp3) is 0.158. The predicted molar refractivity (Wildman–Crippen MR) is 112 cm³/mol. The molecule has 31 heavy (non-hydrogen) atoms. The Labute approximate surface area is 181 Å². The summed E-state index contributed by atoms with van der Waals surface area (Å²) in [5.74, 6) is 0.197. The molecule has 0 saturated heterocycles. The van der Waals surface area contributed by atoms with Crippen molar-refractivity contribution in [2.45, 2.75) is 4.90 Å². The minimum Gasteiger partial charge on any atom is -0.489 e. The van der Waals surface area contributed by atoms with E-state index in [0.717, 1.165) is 10.7 Å². The van der Waals surface area contributed by atoms with Crippen molar-refractivity contribution in [2.24, 2.45) is 10.2 Å². The molecule has 2 aromatic carbocycles. The topological polar surface area (TPSA) is 139 Å². The number of halogens is 1. The molecule has 0 fully saturated rings. The summed E-state index contributed by atoms with van der Waals surface area (Å²) in [4.78, 5) is 12.5. The Morgan fingerprint density at radius 2 is 1.90 bits per heavy atom. The van der Waals surface area contributed by atoms with Gasteiger partial charge in [0.25, 0.3) is 14.6 Å². The van der Waals surface area contributed by atoms with Crippen LogP contribution in [0.2, 0.25) is 0 Å². The average molecular weight is 462 g/mol. The van der Waals surface area contributed by atoms with Gasteiger partial charge in [-0.05, 0) is 30.3 Å². The van der Waals surface area contributed by atoms with E-state index < -0.39 is 14.6 Å². The summed E-state index contributed by atoms with van der Waals surface area (Å²) in [7, 11) is 2.87. The molecule has 3 aromatic rings. The fourth-order valence-electron chi connectivity index (χ4n) is 2.55. The summed E-state index contributed by atoms with van der Waals surface area (Å²) < 4.78 is 35.0. The third-order valence-electron chi connectivity index (χ3n) is 4.01. The molecule has 0 atom stereocenters. The van der Waals surface area contributed by atoms with Crippen LogP contribution in [0.5, 0.6) is 5.75 Å². The van der Waals surface area contributed by atoms with Gasteiger partial charge in [0.05, 0.1) is 17.2 Å². The monoisotopic (exact) mass is 461 g/mol. The summed E-state index contributed by atoms with van der Waals surface area (Å²) in [6.07, 6.45) is 0. The summed E-state index contributed by atoms with van der Waals surface area (Å²) in [6.45, 7) is 0.449. The zero-order valence-electron chi connectivity index (χ0n) is 16.1. The van der Waals surface area contributed by atoms with Crippen molar-refractivity contribution in [3.63, 3.8) is 0 Å². The van der Waals surface area contributed by atoms with Crippen molar-refractivity contribution in [1.29, 1.82) is 5.26 Å². The Morgan fingerprint density at radius 1 is 1.16 bits per heavy atom. The third kappa shape index (κ3) is 5.18. The Bertz CT molecular complexity index is 1310. The van der Waals surface area contributed by atoms with Crippen LogP contribution in [0.25, 0.3) is 5.69 Å². The molecule has 3 rings (SSSR count). The number of hydrogen-bond donors (Lipinski definition) is 1. The number of H-pyrrole nitrogens is 1. The first-order valence-electron chi connectivity index (χ1n) is 8.78. The number of rotatable bonds is 8. The highest BCUT2D eigenvalue weighted by atomic mass is 35.7. The Kier molecular flexibility index (Phi) is 6.86. The normalized spacial score (nSPS) is 11.5. The van der Waals surface area contributed by atoms with Gasteiger partial charge in [-0.15, -0.1) is 10.2 Å². The van der Waals surface area contributed by atoms with Crippen LogP contribution in [0, 0.1) is 11.3 Å². The number of aromatic nitrogens is 2. The van der Waals surface area contributed by atoms with Crippen LogP contribution in [0.4, 0.5) is 11.4 Å². The number of methoxy groups -OCH3 is 1. The number of nitrogens with zero attached hydrogens (tertiary/aromatic N) is 4. The first-order chi connectivity index (χ1) is 14.8. The van der Waals surface area contributed by atoms with Crippen LogP contribution in [-0.4, -0.2) is 38.5 Å². The fourth-order valence-corrected chi connectivity index (χ4v) is 3.32. The van der Waals surface area contributed by atoms with Crippen molar-refractivity contribution < 1.29 is 17.9 Å². The van der Waals surface area contributed by atoms with Crippen LogP contribution in [0.1, 0.15) is 5.69 Å². The second kappa shape index (κ2) is 9.57. The van der Waals surface area contributed by atoms with E-state index in [-0.39, 0.29) is 40.9 Å². The second-order valence-corrected chi connectivity index (χ2v) is 8.60. The zero-order valence-corrected chi connectivity index (χ0v) is 17.7. The third-order valence-corrected chi connectivity index (χ3v) is 5.36. The molecule has 0 aliphatic rings. The molecule has 0 amide bonds. The second-order valence-electron chi connectivity index (χ2n) is 6.03. The lowest BCUT2D eigenvalue weighted by atomic mass is 10.3. The number of aromatic amines is 1. The smallest absolute Gasteiger partial charge is 0.300 e. The summed E-state index contributed by atoms with van der Waals surface area (Å²) in [6, 6.07) is 14.2. The molecular formula is C19H16ClN5O5S. The molecule has 0 saturated carbocycles. The number of para-hydroxylation sites is 1. The van der Waals surface area contributed by atoms with Gasteiger partial charge in [0, 0.05) is 17.8 Å². The van der Waals surface area contributed by atoms with E-state index in [9.17, 15) is 18.5 Å². The number of nitriles is 1. The van der Waals surface area contributed by atoms with Crippen molar-refractivity contribution in [3.05, 3.63) is 64.6 Å². The Hall–Kier alpha value is -3.46. The van der Waals surface area contributed by atoms with E-state index in [0.29, 0.717) is 5.69 Å². The maximum absolute atomic E-state index is 12.8. The maximum Gasteiger partial charge on any atom is 0.300 e. The minimum absolute atomic E-state index is 0.00794. The van der Waals surface area contributed by atoms with E-state index in [1.54, 1.807) is 30.3 Å². The molecule has 0 unspecified atom stereocenters. The zero-order chi connectivity index (χ0) is 22.4. The number of benzene rings is 2. The van der Waals surface area contributed by atoms with E-state index in [1.165, 1.54) is 19.2 Å². The predicted octanol–water partition coefficient (Wildman–Crippen LogP) is 3.41. The number of hydrogen-bond acceptors (Lipinski definition) is 8. The van der Waals surface area contributed by atoms with Gasteiger partial charge in [-0.1, -0.05) is 18.2 Å². The highest BCUT2D eigenvalue weighted by Crippen LogP contribution is 2.33. The summed E-state index contributed by atoms with van der Waals surface area (Å²) in [5.41, 5.74) is -0.443. The molecule has 1 heterocycles. The highest BCUT2D eigenvalue weighted by Gasteiger charge is 2.17. The van der Waals surface area contributed by atoms with Crippen LogP contribution >= 0.6 is 10.7 Å². The van der Waals surface area contributed by atoms with E-state index in [1.807, 2.05) is 6.07 Å². The lowest BCUT2D eigenvalue weighted by Crippen LogP contribution is -2.13. The van der Waals surface area contributed by atoms with Gasteiger partial charge >= 0.3 is 0 Å². The molecular weight excluding hydrogens is 446 g/mol. The van der Waals surface area contributed by atoms with Crippen molar-refractivity contribution >= 4 is 31.1 Å². The number of azo groups is 1. The van der Waals surface area contributed by atoms with Gasteiger partial charge in [0.1, 0.15) is 24.1 Å². The first kappa shape index (κ1) is 22.2. The molecule has 0 spiro atoms. The molecule has 160 valence electrons. The standard InChI is InChI=1S/C19H16ClN5O5S/c1-29-9-10-30-17-8-7-14(31(20,27)28)11-15(17)22-23-18-16(12-21)24-25(19(18)26)13-5-3-2-4-6-13/h2-8,11,24H,9-10H2,1H3. The molecule has 10 nitrogen and oxygen atoms in total. The number of ether oxygens (including phenoxy) is 2. The molecule has 0 radical (unpaired) electrons. The van der Waals surface area contributed by atoms with E-state index in [2.05, 4.69) is 15.3 Å². The molecule has 0 aliphatic heterocycles. The lowest BCUT2D eigenvalue weighted by Gasteiger charge is -2.08. The van der Waals surface area contributed by atoms with Crippen LogP contribution in [0.15, 0.2) is 68.4 Å². The maximum atomic E-state index is 12.8. The van der Waals surface area contributed by atoms with E-state index in [4.69, 9.17) is 20.2 Å². The summed E-state index contributed by atoms with van der Waals surface area (Å²) in [5, 5.41) is 19.9.